The molecule has 0 radical (unpaired) electrons. The Balaban J connectivity index is 1.46. The number of carbonyl (C=O) groups is 4. The SMILES string of the molecule is CCOc1ccc(N2C(=O)c3ccc(C(=O)OCC(=O)N4[C@H](C)CCC[C@@H]4C)cc3C2=O)cc1. The molecule has 1 saturated heterocycles. The van der Waals surface area contributed by atoms with Crippen LogP contribution >= 0.6 is 0 Å². The standard InChI is InChI=1S/C26H28N2O6/c1-4-33-20-11-9-19(10-12-20)28-24(30)21-13-8-18(14-22(21)25(28)31)26(32)34-15-23(29)27-16(2)6-5-7-17(27)3/h8-14,16-17H,4-7,15H2,1-3H3/t16-,17+. The number of piperidine rings is 1. The molecule has 178 valence electrons. The lowest BCUT2D eigenvalue weighted by Gasteiger charge is -2.38. The number of likely N-dealkylation sites (tertiary alicyclic amines) is 1. The number of anilines is 1. The number of carbonyl (C=O) groups excluding carboxylic acids is 4. The zero-order valence-corrected chi connectivity index (χ0v) is 19.6. The third kappa shape index (κ3) is 4.40. The highest BCUT2D eigenvalue weighted by molar-refractivity contribution is 6.34. The van der Waals surface area contributed by atoms with Crippen LogP contribution < -0.4 is 9.64 Å². The van der Waals surface area contributed by atoms with E-state index in [1.807, 2.05) is 20.8 Å². The first-order valence-corrected chi connectivity index (χ1v) is 11.6. The molecular formula is C26H28N2O6. The van der Waals surface area contributed by atoms with Crippen LogP contribution in [0.1, 0.15) is 71.1 Å². The summed E-state index contributed by atoms with van der Waals surface area (Å²) in [5.41, 5.74) is 0.857. The lowest BCUT2D eigenvalue weighted by atomic mass is 9.97. The van der Waals surface area contributed by atoms with Crippen molar-refractivity contribution in [2.24, 2.45) is 0 Å². The second-order valence-electron chi connectivity index (χ2n) is 8.64. The molecule has 0 saturated carbocycles. The van der Waals surface area contributed by atoms with Gasteiger partial charge in [-0.25, -0.2) is 9.69 Å². The highest BCUT2D eigenvalue weighted by atomic mass is 16.5. The van der Waals surface area contributed by atoms with Crippen molar-refractivity contribution >= 4 is 29.4 Å². The number of rotatable bonds is 6. The number of ether oxygens (including phenoxy) is 2. The molecule has 0 aliphatic carbocycles. The average Bonchev–Trinajstić information content (AvgIpc) is 3.07. The Morgan fingerprint density at radius 2 is 1.59 bits per heavy atom. The molecule has 3 amide bonds. The van der Waals surface area contributed by atoms with Crippen LogP contribution in [0.4, 0.5) is 5.69 Å². The summed E-state index contributed by atoms with van der Waals surface area (Å²) in [5.74, 6) is -1.30. The van der Waals surface area contributed by atoms with E-state index >= 15 is 0 Å². The minimum absolute atomic E-state index is 0.104. The van der Waals surface area contributed by atoms with Crippen molar-refractivity contribution in [1.29, 1.82) is 0 Å². The van der Waals surface area contributed by atoms with Gasteiger partial charge in [0.2, 0.25) is 0 Å². The minimum atomic E-state index is -0.715. The number of fused-ring (bicyclic) bond motifs is 1. The fraction of sp³-hybridized carbons (Fsp3) is 0.385. The summed E-state index contributed by atoms with van der Waals surface area (Å²) in [5, 5.41) is 0. The lowest BCUT2D eigenvalue weighted by molar-refractivity contribution is -0.140. The van der Waals surface area contributed by atoms with Gasteiger partial charge in [0.1, 0.15) is 5.75 Å². The Morgan fingerprint density at radius 1 is 0.941 bits per heavy atom. The first-order chi connectivity index (χ1) is 16.3. The summed E-state index contributed by atoms with van der Waals surface area (Å²) >= 11 is 0. The van der Waals surface area contributed by atoms with E-state index in [-0.39, 0.29) is 41.3 Å². The maximum absolute atomic E-state index is 13.0. The largest absolute Gasteiger partial charge is 0.494 e. The van der Waals surface area contributed by atoms with Gasteiger partial charge in [-0.1, -0.05) is 0 Å². The minimum Gasteiger partial charge on any atom is -0.494 e. The van der Waals surface area contributed by atoms with Gasteiger partial charge in [0, 0.05) is 12.1 Å². The van der Waals surface area contributed by atoms with Crippen LogP contribution in [-0.2, 0) is 9.53 Å². The van der Waals surface area contributed by atoms with Crippen LogP contribution in [0, 0.1) is 0 Å². The fourth-order valence-electron chi connectivity index (χ4n) is 4.66. The molecule has 0 spiro atoms. The van der Waals surface area contributed by atoms with Crippen molar-refractivity contribution in [3.05, 3.63) is 59.2 Å². The van der Waals surface area contributed by atoms with Gasteiger partial charge in [-0.2, -0.15) is 0 Å². The first-order valence-electron chi connectivity index (χ1n) is 11.6. The van der Waals surface area contributed by atoms with Crippen molar-refractivity contribution in [1.82, 2.24) is 4.90 Å². The van der Waals surface area contributed by atoms with E-state index in [1.165, 1.54) is 18.2 Å². The Morgan fingerprint density at radius 3 is 2.24 bits per heavy atom. The molecule has 8 nitrogen and oxygen atoms in total. The van der Waals surface area contributed by atoms with Crippen LogP contribution in [-0.4, -0.2) is 53.9 Å². The molecule has 2 aliphatic heterocycles. The summed E-state index contributed by atoms with van der Waals surface area (Å²) in [7, 11) is 0. The maximum atomic E-state index is 13.0. The second kappa shape index (κ2) is 9.67. The molecular weight excluding hydrogens is 436 g/mol. The number of hydrogen-bond donors (Lipinski definition) is 0. The molecule has 2 atom stereocenters. The van der Waals surface area contributed by atoms with Crippen LogP contribution in [0.15, 0.2) is 42.5 Å². The number of imide groups is 1. The molecule has 4 rings (SSSR count). The van der Waals surface area contributed by atoms with Crippen molar-refractivity contribution in [3.8, 4) is 5.75 Å². The third-order valence-corrected chi connectivity index (χ3v) is 6.34. The molecule has 2 aromatic rings. The van der Waals surface area contributed by atoms with Crippen molar-refractivity contribution in [2.75, 3.05) is 18.1 Å². The van der Waals surface area contributed by atoms with E-state index in [0.29, 0.717) is 18.0 Å². The summed E-state index contributed by atoms with van der Waals surface area (Å²) in [4.78, 5) is 54.0. The third-order valence-electron chi connectivity index (χ3n) is 6.34. The van der Waals surface area contributed by atoms with Crippen molar-refractivity contribution in [3.63, 3.8) is 0 Å². The predicted octanol–water partition coefficient (Wildman–Crippen LogP) is 3.83. The van der Waals surface area contributed by atoms with Gasteiger partial charge in [0.15, 0.2) is 6.61 Å². The van der Waals surface area contributed by atoms with Gasteiger partial charge in [-0.15, -0.1) is 0 Å². The average molecular weight is 465 g/mol. The molecule has 2 aliphatic rings. The summed E-state index contributed by atoms with van der Waals surface area (Å²) in [6.07, 6.45) is 2.92. The smallest absolute Gasteiger partial charge is 0.338 e. The topological polar surface area (TPSA) is 93.2 Å². The highest BCUT2D eigenvalue weighted by Crippen LogP contribution is 2.30. The van der Waals surface area contributed by atoms with Gasteiger partial charge in [0.25, 0.3) is 17.7 Å². The molecule has 2 heterocycles. The Bertz CT molecular complexity index is 1120. The Hall–Kier alpha value is -3.68. The highest BCUT2D eigenvalue weighted by Gasteiger charge is 2.37. The van der Waals surface area contributed by atoms with Gasteiger partial charge in [0.05, 0.1) is 29.0 Å². The van der Waals surface area contributed by atoms with Crippen LogP contribution in [0.25, 0.3) is 0 Å². The number of benzene rings is 2. The molecule has 0 aromatic heterocycles. The van der Waals surface area contributed by atoms with Gasteiger partial charge < -0.3 is 14.4 Å². The van der Waals surface area contributed by atoms with Crippen molar-refractivity contribution in [2.45, 2.75) is 52.1 Å². The second-order valence-corrected chi connectivity index (χ2v) is 8.64. The molecule has 0 bridgehead atoms. The number of nitrogens with zero attached hydrogens (tertiary/aromatic N) is 2. The van der Waals surface area contributed by atoms with Crippen molar-refractivity contribution < 1.29 is 28.7 Å². The van der Waals surface area contributed by atoms with Crippen LogP contribution in [0.5, 0.6) is 5.75 Å². The Kier molecular flexibility index (Phi) is 6.68. The van der Waals surface area contributed by atoms with Crippen LogP contribution in [0.2, 0.25) is 0 Å². The zero-order chi connectivity index (χ0) is 24.4. The number of esters is 1. The van der Waals surface area contributed by atoms with Gasteiger partial charge in [-0.05, 0) is 82.5 Å². The normalized spacial score (nSPS) is 19.7. The molecule has 0 N–H and O–H groups in total. The summed E-state index contributed by atoms with van der Waals surface area (Å²) < 4.78 is 10.7. The van der Waals surface area contributed by atoms with E-state index in [1.54, 1.807) is 29.2 Å². The van der Waals surface area contributed by atoms with Gasteiger partial charge in [-0.3, -0.25) is 14.4 Å². The monoisotopic (exact) mass is 464 g/mol. The molecule has 34 heavy (non-hydrogen) atoms. The fourth-order valence-corrected chi connectivity index (χ4v) is 4.66. The molecule has 2 aromatic carbocycles. The van der Waals surface area contributed by atoms with E-state index in [0.717, 1.165) is 24.2 Å². The molecule has 1 fully saturated rings. The summed E-state index contributed by atoms with van der Waals surface area (Å²) in [6.45, 7) is 6.00. The van der Waals surface area contributed by atoms with E-state index < -0.39 is 17.8 Å². The predicted molar refractivity (Wildman–Crippen MR) is 125 cm³/mol. The van der Waals surface area contributed by atoms with Gasteiger partial charge >= 0.3 is 5.97 Å². The van der Waals surface area contributed by atoms with E-state index in [4.69, 9.17) is 9.47 Å². The van der Waals surface area contributed by atoms with E-state index in [9.17, 15) is 19.2 Å². The summed E-state index contributed by atoms with van der Waals surface area (Å²) in [6, 6.07) is 11.1. The Labute approximate surface area is 198 Å². The number of hydrogen-bond acceptors (Lipinski definition) is 6. The lowest BCUT2D eigenvalue weighted by Crippen LogP contribution is -2.49. The molecule has 8 heteroatoms. The van der Waals surface area contributed by atoms with E-state index in [2.05, 4.69) is 0 Å². The first kappa shape index (κ1) is 23.5. The quantitative estimate of drug-likeness (QED) is 0.477. The molecule has 0 unspecified atom stereocenters. The zero-order valence-electron chi connectivity index (χ0n) is 19.6. The maximum Gasteiger partial charge on any atom is 0.338 e. The van der Waals surface area contributed by atoms with Crippen LogP contribution in [0.3, 0.4) is 0 Å². The number of amides is 3.